The zero-order valence-corrected chi connectivity index (χ0v) is 16.3. The Morgan fingerprint density at radius 2 is 1.89 bits per heavy atom. The maximum Gasteiger partial charge on any atom is 0.246 e. The molecule has 1 saturated heterocycles. The summed E-state index contributed by atoms with van der Waals surface area (Å²) in [7, 11) is 0. The average molecular weight is 378 g/mol. The van der Waals surface area contributed by atoms with Gasteiger partial charge in [0.1, 0.15) is 0 Å². The third-order valence-electron chi connectivity index (χ3n) is 4.93. The van der Waals surface area contributed by atoms with Crippen LogP contribution in [0.5, 0.6) is 0 Å². The number of aromatic nitrogens is 1. The number of aryl methyl sites for hydroxylation is 1. The van der Waals surface area contributed by atoms with Gasteiger partial charge in [-0.3, -0.25) is 4.79 Å². The molecule has 1 aliphatic rings. The van der Waals surface area contributed by atoms with Crippen LogP contribution in [0.15, 0.2) is 54.6 Å². The molecule has 0 bridgehead atoms. The highest BCUT2D eigenvalue weighted by Gasteiger charge is 2.22. The first kappa shape index (κ1) is 17.7. The number of thiazole rings is 1. The average Bonchev–Trinajstić information content (AvgIpc) is 3.16. The van der Waals surface area contributed by atoms with Crippen molar-refractivity contribution in [3.8, 4) is 0 Å². The Bertz CT molecular complexity index is 956. The normalized spacial score (nSPS) is 15.0. The van der Waals surface area contributed by atoms with E-state index in [0.717, 1.165) is 48.8 Å². The lowest BCUT2D eigenvalue weighted by Crippen LogP contribution is -2.48. The van der Waals surface area contributed by atoms with E-state index in [9.17, 15) is 4.79 Å². The number of anilines is 1. The van der Waals surface area contributed by atoms with E-state index in [-0.39, 0.29) is 5.91 Å². The molecule has 3 aromatic rings. The summed E-state index contributed by atoms with van der Waals surface area (Å²) in [6, 6.07) is 16.4. The SMILES string of the molecule is CCc1ccc2nc(N3CCN(C(=O)/C=C/c4ccccc4)CC3)sc2c1. The van der Waals surface area contributed by atoms with E-state index in [2.05, 4.69) is 30.0 Å². The lowest BCUT2D eigenvalue weighted by Gasteiger charge is -2.34. The molecule has 0 N–H and O–H groups in total. The van der Waals surface area contributed by atoms with Gasteiger partial charge < -0.3 is 9.80 Å². The minimum absolute atomic E-state index is 0.0791. The molecule has 0 atom stereocenters. The van der Waals surface area contributed by atoms with Gasteiger partial charge in [-0.2, -0.15) is 0 Å². The van der Waals surface area contributed by atoms with Crippen molar-refractivity contribution in [1.29, 1.82) is 0 Å². The van der Waals surface area contributed by atoms with Crippen molar-refractivity contribution in [3.05, 3.63) is 65.7 Å². The zero-order valence-electron chi connectivity index (χ0n) is 15.5. The zero-order chi connectivity index (χ0) is 18.6. The van der Waals surface area contributed by atoms with Crippen LogP contribution in [0.3, 0.4) is 0 Å². The van der Waals surface area contributed by atoms with Crippen LogP contribution >= 0.6 is 11.3 Å². The Morgan fingerprint density at radius 1 is 1.11 bits per heavy atom. The first-order valence-electron chi connectivity index (χ1n) is 9.39. The van der Waals surface area contributed by atoms with Crippen molar-refractivity contribution >= 4 is 38.7 Å². The van der Waals surface area contributed by atoms with Gasteiger partial charge in [-0.05, 0) is 35.8 Å². The topological polar surface area (TPSA) is 36.4 Å². The van der Waals surface area contributed by atoms with Crippen LogP contribution in [-0.4, -0.2) is 42.0 Å². The second-order valence-electron chi connectivity index (χ2n) is 6.71. The smallest absolute Gasteiger partial charge is 0.246 e. The Balaban J connectivity index is 1.38. The standard InChI is InChI=1S/C22H23N3OS/c1-2-17-8-10-19-20(16-17)27-22(23-19)25-14-12-24(13-15-25)21(26)11-9-18-6-4-3-5-7-18/h3-11,16H,2,12-15H2,1H3/b11-9+. The molecule has 1 amide bonds. The summed E-state index contributed by atoms with van der Waals surface area (Å²) in [5.74, 6) is 0.0791. The fraction of sp³-hybridized carbons (Fsp3) is 0.273. The molecule has 0 spiro atoms. The van der Waals surface area contributed by atoms with Crippen LogP contribution in [0, 0.1) is 0 Å². The number of carbonyl (C=O) groups excluding carboxylic acids is 1. The van der Waals surface area contributed by atoms with Crippen LogP contribution in [-0.2, 0) is 11.2 Å². The molecule has 27 heavy (non-hydrogen) atoms. The third-order valence-corrected chi connectivity index (χ3v) is 6.01. The second kappa shape index (κ2) is 7.92. The number of hydrogen-bond acceptors (Lipinski definition) is 4. The van der Waals surface area contributed by atoms with Gasteiger partial charge in [0.2, 0.25) is 5.91 Å². The number of piperazine rings is 1. The van der Waals surface area contributed by atoms with Crippen molar-refractivity contribution in [3.63, 3.8) is 0 Å². The van der Waals surface area contributed by atoms with Crippen molar-refractivity contribution in [1.82, 2.24) is 9.88 Å². The van der Waals surface area contributed by atoms with Crippen molar-refractivity contribution in [2.45, 2.75) is 13.3 Å². The van der Waals surface area contributed by atoms with Gasteiger partial charge >= 0.3 is 0 Å². The largest absolute Gasteiger partial charge is 0.345 e. The van der Waals surface area contributed by atoms with Gasteiger partial charge in [0.25, 0.3) is 0 Å². The summed E-state index contributed by atoms with van der Waals surface area (Å²) >= 11 is 1.75. The molecule has 0 unspecified atom stereocenters. The number of benzene rings is 2. The molecule has 1 fully saturated rings. The summed E-state index contributed by atoms with van der Waals surface area (Å²) in [6.07, 6.45) is 4.60. The van der Waals surface area contributed by atoms with E-state index < -0.39 is 0 Å². The fourth-order valence-corrected chi connectivity index (χ4v) is 4.35. The summed E-state index contributed by atoms with van der Waals surface area (Å²) in [5, 5.41) is 1.06. The lowest BCUT2D eigenvalue weighted by atomic mass is 10.2. The van der Waals surface area contributed by atoms with E-state index in [1.54, 1.807) is 17.4 Å². The number of fused-ring (bicyclic) bond motifs is 1. The molecule has 4 rings (SSSR count). The molecule has 5 heteroatoms. The summed E-state index contributed by atoms with van der Waals surface area (Å²) in [4.78, 5) is 21.4. The van der Waals surface area contributed by atoms with Gasteiger partial charge in [0, 0.05) is 32.3 Å². The highest BCUT2D eigenvalue weighted by Crippen LogP contribution is 2.30. The van der Waals surface area contributed by atoms with Crippen LogP contribution in [0.25, 0.3) is 16.3 Å². The van der Waals surface area contributed by atoms with Gasteiger partial charge in [-0.25, -0.2) is 4.98 Å². The predicted molar refractivity (Wildman–Crippen MR) is 113 cm³/mol. The van der Waals surface area contributed by atoms with Crippen LogP contribution in [0.4, 0.5) is 5.13 Å². The quantitative estimate of drug-likeness (QED) is 0.639. The van der Waals surface area contributed by atoms with E-state index in [4.69, 9.17) is 4.98 Å². The lowest BCUT2D eigenvalue weighted by molar-refractivity contribution is -0.126. The van der Waals surface area contributed by atoms with Crippen molar-refractivity contribution in [2.75, 3.05) is 31.1 Å². The van der Waals surface area contributed by atoms with E-state index in [1.807, 2.05) is 41.3 Å². The fourth-order valence-electron chi connectivity index (χ4n) is 3.27. The van der Waals surface area contributed by atoms with Crippen LogP contribution in [0.1, 0.15) is 18.1 Å². The Labute approximate surface area is 163 Å². The Morgan fingerprint density at radius 3 is 2.63 bits per heavy atom. The molecular formula is C22H23N3OS. The molecule has 0 aliphatic carbocycles. The minimum Gasteiger partial charge on any atom is -0.345 e. The summed E-state index contributed by atoms with van der Waals surface area (Å²) < 4.78 is 1.24. The summed E-state index contributed by atoms with van der Waals surface area (Å²) in [5.41, 5.74) is 3.46. The highest BCUT2D eigenvalue weighted by atomic mass is 32.1. The van der Waals surface area contributed by atoms with Gasteiger partial charge in [-0.15, -0.1) is 0 Å². The molecule has 2 aromatic carbocycles. The van der Waals surface area contributed by atoms with Gasteiger partial charge in [0.05, 0.1) is 10.2 Å². The number of rotatable bonds is 4. The maximum absolute atomic E-state index is 12.4. The van der Waals surface area contributed by atoms with Crippen LogP contribution < -0.4 is 4.90 Å². The Kier molecular flexibility index (Phi) is 5.21. The van der Waals surface area contributed by atoms with Gasteiger partial charge in [0.15, 0.2) is 5.13 Å². The third kappa shape index (κ3) is 4.03. The predicted octanol–water partition coefficient (Wildman–Crippen LogP) is 4.22. The molecule has 0 saturated carbocycles. The maximum atomic E-state index is 12.4. The highest BCUT2D eigenvalue weighted by molar-refractivity contribution is 7.22. The van der Waals surface area contributed by atoms with Crippen molar-refractivity contribution < 1.29 is 4.79 Å². The molecule has 2 heterocycles. The number of hydrogen-bond donors (Lipinski definition) is 0. The second-order valence-corrected chi connectivity index (χ2v) is 7.72. The number of carbonyl (C=O) groups is 1. The number of nitrogens with zero attached hydrogens (tertiary/aromatic N) is 3. The molecular weight excluding hydrogens is 354 g/mol. The van der Waals surface area contributed by atoms with Gasteiger partial charge in [-0.1, -0.05) is 54.7 Å². The molecule has 1 aromatic heterocycles. The molecule has 0 radical (unpaired) electrons. The summed E-state index contributed by atoms with van der Waals surface area (Å²) in [6.45, 7) is 5.28. The minimum atomic E-state index is 0.0791. The monoisotopic (exact) mass is 377 g/mol. The first-order valence-corrected chi connectivity index (χ1v) is 10.2. The Hall–Kier alpha value is -2.66. The van der Waals surface area contributed by atoms with E-state index >= 15 is 0 Å². The number of amides is 1. The van der Waals surface area contributed by atoms with E-state index in [0.29, 0.717) is 0 Å². The molecule has 138 valence electrons. The van der Waals surface area contributed by atoms with E-state index in [1.165, 1.54) is 10.3 Å². The van der Waals surface area contributed by atoms with Crippen LogP contribution in [0.2, 0.25) is 0 Å². The first-order chi connectivity index (χ1) is 13.2. The molecule has 1 aliphatic heterocycles. The molecule has 4 nitrogen and oxygen atoms in total. The van der Waals surface area contributed by atoms with Crippen molar-refractivity contribution in [2.24, 2.45) is 0 Å².